The molecule has 6 nitrogen and oxygen atoms in total. The zero-order valence-electron chi connectivity index (χ0n) is 14.1. The first-order valence-electron chi connectivity index (χ1n) is 7.53. The molecular weight excluding hydrogens is 290 g/mol. The minimum Gasteiger partial charge on any atom is -0.437 e. The summed E-state index contributed by atoms with van der Waals surface area (Å²) in [5.74, 6) is 1.56. The van der Waals surface area contributed by atoms with Crippen molar-refractivity contribution in [3.05, 3.63) is 35.7 Å². The van der Waals surface area contributed by atoms with Crippen LogP contribution in [0.2, 0.25) is 0 Å². The molecule has 2 aromatic heterocycles. The highest BCUT2D eigenvalue weighted by Gasteiger charge is 2.24. The van der Waals surface area contributed by atoms with Crippen LogP contribution in [0.1, 0.15) is 31.9 Å². The summed E-state index contributed by atoms with van der Waals surface area (Å²) in [6.07, 6.45) is 1.45. The van der Waals surface area contributed by atoms with Gasteiger partial charge in [-0.15, -0.1) is 5.10 Å². The summed E-state index contributed by atoms with van der Waals surface area (Å²) in [5.41, 5.74) is 8.70. The van der Waals surface area contributed by atoms with E-state index in [1.807, 2.05) is 36.7 Å². The molecule has 0 aliphatic heterocycles. The number of benzene rings is 1. The number of hydrogen-bond donors (Lipinski definition) is 1. The van der Waals surface area contributed by atoms with Crippen molar-refractivity contribution in [2.24, 2.45) is 0 Å². The molecule has 2 heterocycles. The second kappa shape index (κ2) is 5.22. The molecule has 23 heavy (non-hydrogen) atoms. The van der Waals surface area contributed by atoms with Crippen LogP contribution >= 0.6 is 0 Å². The fourth-order valence-electron chi connectivity index (χ4n) is 2.42. The van der Waals surface area contributed by atoms with Gasteiger partial charge in [0.15, 0.2) is 5.65 Å². The Morgan fingerprint density at radius 3 is 2.57 bits per heavy atom. The van der Waals surface area contributed by atoms with Crippen molar-refractivity contribution in [1.82, 2.24) is 19.7 Å². The Bertz CT molecular complexity index is 877. The van der Waals surface area contributed by atoms with E-state index >= 15 is 0 Å². The lowest BCUT2D eigenvalue weighted by atomic mass is 10.1. The Kier molecular flexibility index (Phi) is 3.47. The van der Waals surface area contributed by atoms with E-state index in [1.165, 1.54) is 6.33 Å². The highest BCUT2D eigenvalue weighted by Crippen LogP contribution is 2.35. The summed E-state index contributed by atoms with van der Waals surface area (Å²) in [6.45, 7) is 10.2. The number of fused-ring (bicyclic) bond motifs is 1. The first-order chi connectivity index (χ1) is 10.8. The van der Waals surface area contributed by atoms with E-state index in [2.05, 4.69) is 35.8 Å². The van der Waals surface area contributed by atoms with Crippen molar-refractivity contribution in [2.45, 2.75) is 40.2 Å². The van der Waals surface area contributed by atoms with Crippen LogP contribution in [0.4, 0.5) is 5.82 Å². The molecule has 0 saturated carbocycles. The van der Waals surface area contributed by atoms with E-state index in [9.17, 15) is 0 Å². The number of rotatable bonds is 2. The Hall–Kier alpha value is -2.63. The lowest BCUT2D eigenvalue weighted by molar-refractivity contribution is 0.348. The SMILES string of the molecule is Cc1cccc(Oc2nn(C(C)(C)C)c3ncnc(N)c23)c1C. The summed E-state index contributed by atoms with van der Waals surface area (Å²) in [7, 11) is 0. The quantitative estimate of drug-likeness (QED) is 0.782. The van der Waals surface area contributed by atoms with Gasteiger partial charge >= 0.3 is 0 Å². The molecule has 0 radical (unpaired) electrons. The maximum Gasteiger partial charge on any atom is 0.251 e. The van der Waals surface area contributed by atoms with Crippen molar-refractivity contribution in [1.29, 1.82) is 0 Å². The largest absolute Gasteiger partial charge is 0.437 e. The molecule has 1 aromatic carbocycles. The molecule has 3 aromatic rings. The van der Waals surface area contributed by atoms with Gasteiger partial charge in [-0.25, -0.2) is 14.6 Å². The lowest BCUT2D eigenvalue weighted by Gasteiger charge is -2.19. The van der Waals surface area contributed by atoms with Gasteiger partial charge in [0.1, 0.15) is 23.3 Å². The van der Waals surface area contributed by atoms with Gasteiger partial charge in [-0.05, 0) is 51.8 Å². The second-order valence-corrected chi connectivity index (χ2v) is 6.65. The van der Waals surface area contributed by atoms with Crippen molar-refractivity contribution in [2.75, 3.05) is 5.73 Å². The van der Waals surface area contributed by atoms with Crippen LogP contribution in [0.5, 0.6) is 11.6 Å². The molecule has 0 aliphatic rings. The highest BCUT2D eigenvalue weighted by molar-refractivity contribution is 5.91. The maximum atomic E-state index is 6.07. The molecule has 3 rings (SSSR count). The van der Waals surface area contributed by atoms with Crippen molar-refractivity contribution >= 4 is 16.9 Å². The number of hydrogen-bond acceptors (Lipinski definition) is 5. The van der Waals surface area contributed by atoms with Crippen LogP contribution < -0.4 is 10.5 Å². The van der Waals surface area contributed by atoms with Crippen LogP contribution in [0.3, 0.4) is 0 Å². The fraction of sp³-hybridized carbons (Fsp3) is 0.353. The predicted molar refractivity (Wildman–Crippen MR) is 90.7 cm³/mol. The van der Waals surface area contributed by atoms with Crippen molar-refractivity contribution < 1.29 is 4.74 Å². The van der Waals surface area contributed by atoms with Gasteiger partial charge in [-0.3, -0.25) is 0 Å². The van der Waals surface area contributed by atoms with Crippen LogP contribution in [-0.2, 0) is 5.54 Å². The summed E-state index contributed by atoms with van der Waals surface area (Å²) >= 11 is 0. The van der Waals surface area contributed by atoms with Crippen molar-refractivity contribution in [3.8, 4) is 11.6 Å². The van der Waals surface area contributed by atoms with Gasteiger partial charge < -0.3 is 10.5 Å². The minimum absolute atomic E-state index is 0.248. The molecule has 0 fully saturated rings. The van der Waals surface area contributed by atoms with E-state index in [0.29, 0.717) is 22.7 Å². The third-order valence-electron chi connectivity index (χ3n) is 3.86. The summed E-state index contributed by atoms with van der Waals surface area (Å²) in [4.78, 5) is 8.42. The first kappa shape index (κ1) is 15.3. The van der Waals surface area contributed by atoms with Gasteiger partial charge in [-0.2, -0.15) is 0 Å². The van der Waals surface area contributed by atoms with Crippen molar-refractivity contribution in [3.63, 3.8) is 0 Å². The summed E-state index contributed by atoms with van der Waals surface area (Å²) in [5, 5.41) is 5.24. The highest BCUT2D eigenvalue weighted by atomic mass is 16.5. The summed E-state index contributed by atoms with van der Waals surface area (Å²) < 4.78 is 7.89. The zero-order chi connectivity index (χ0) is 16.8. The maximum absolute atomic E-state index is 6.07. The topological polar surface area (TPSA) is 78.8 Å². The van der Waals surface area contributed by atoms with Gasteiger partial charge in [0.05, 0.1) is 5.54 Å². The minimum atomic E-state index is -0.248. The molecular formula is C17H21N5O. The molecule has 0 unspecified atom stereocenters. The number of aryl methyl sites for hydroxylation is 1. The number of aromatic nitrogens is 4. The lowest BCUT2D eigenvalue weighted by Crippen LogP contribution is -2.23. The van der Waals surface area contributed by atoms with Gasteiger partial charge in [0.25, 0.3) is 5.88 Å². The van der Waals surface area contributed by atoms with Crippen LogP contribution in [-0.4, -0.2) is 19.7 Å². The molecule has 0 spiro atoms. The average Bonchev–Trinajstić information content (AvgIpc) is 2.84. The Balaban J connectivity index is 2.20. The zero-order valence-corrected chi connectivity index (χ0v) is 14.1. The molecule has 0 bridgehead atoms. The second-order valence-electron chi connectivity index (χ2n) is 6.65. The normalized spacial score (nSPS) is 11.9. The molecule has 0 aliphatic carbocycles. The van der Waals surface area contributed by atoms with E-state index in [-0.39, 0.29) is 5.54 Å². The monoisotopic (exact) mass is 311 g/mol. The van der Waals surface area contributed by atoms with E-state index in [0.717, 1.165) is 16.9 Å². The Morgan fingerprint density at radius 1 is 1.13 bits per heavy atom. The number of anilines is 1. The number of nitrogen functional groups attached to an aromatic ring is 1. The number of nitrogens with two attached hydrogens (primary N) is 1. The standard InChI is InChI=1S/C17H21N5O/c1-10-7-6-8-12(11(10)2)23-16-13-14(18)19-9-20-15(13)22(21-16)17(3,4)5/h6-9H,1-5H3,(H2,18,19,20). The third-order valence-corrected chi connectivity index (χ3v) is 3.86. The number of nitrogens with zero attached hydrogens (tertiary/aromatic N) is 4. The molecule has 6 heteroatoms. The van der Waals surface area contributed by atoms with E-state index in [4.69, 9.17) is 10.5 Å². The third kappa shape index (κ3) is 2.60. The molecule has 0 saturated heterocycles. The van der Waals surface area contributed by atoms with Crippen LogP contribution in [0.25, 0.3) is 11.0 Å². The van der Waals surface area contributed by atoms with Gasteiger partial charge in [-0.1, -0.05) is 12.1 Å². The fourth-order valence-corrected chi connectivity index (χ4v) is 2.42. The smallest absolute Gasteiger partial charge is 0.251 e. The van der Waals surface area contributed by atoms with Crippen LogP contribution in [0.15, 0.2) is 24.5 Å². The average molecular weight is 311 g/mol. The van der Waals surface area contributed by atoms with Crippen LogP contribution in [0, 0.1) is 13.8 Å². The van der Waals surface area contributed by atoms with E-state index in [1.54, 1.807) is 0 Å². The Morgan fingerprint density at radius 2 is 1.87 bits per heavy atom. The Labute approximate surface area is 135 Å². The number of ether oxygens (including phenoxy) is 1. The predicted octanol–water partition coefficient (Wildman–Crippen LogP) is 3.57. The van der Waals surface area contributed by atoms with Gasteiger partial charge in [0.2, 0.25) is 0 Å². The summed E-state index contributed by atoms with van der Waals surface area (Å²) in [6, 6.07) is 5.93. The van der Waals surface area contributed by atoms with E-state index < -0.39 is 0 Å². The molecule has 0 atom stereocenters. The molecule has 120 valence electrons. The van der Waals surface area contributed by atoms with Gasteiger partial charge in [0, 0.05) is 0 Å². The molecule has 0 amide bonds. The molecule has 2 N–H and O–H groups in total. The first-order valence-corrected chi connectivity index (χ1v) is 7.53.